The first-order chi connectivity index (χ1) is 17.1. The van der Waals surface area contributed by atoms with E-state index in [1.54, 1.807) is 18.2 Å². The van der Waals surface area contributed by atoms with E-state index in [0.717, 1.165) is 16.7 Å². The maximum Gasteiger partial charge on any atom is 0.326 e. The number of ether oxygens (including phenoxy) is 3. The Morgan fingerprint density at radius 2 is 1.51 bits per heavy atom. The highest BCUT2D eigenvalue weighted by atomic mass is 16.5. The van der Waals surface area contributed by atoms with E-state index >= 15 is 0 Å². The summed E-state index contributed by atoms with van der Waals surface area (Å²) in [6, 6.07) is 23.9. The Labute approximate surface area is 204 Å². The van der Waals surface area contributed by atoms with Gasteiger partial charge in [0.25, 0.3) is 0 Å². The van der Waals surface area contributed by atoms with Gasteiger partial charge in [0, 0.05) is 13.0 Å². The standard InChI is InChI=1S/C28H29NO6/c30-27(23-13-14-33-19-23)29-24(28(31)32)15-22-11-12-25(34-17-20-7-3-1-4-8-20)26(16-22)35-18-21-9-5-2-6-10-21/h1-12,16,23-24H,13-15,17-19H2,(H,29,30)(H,31,32)/t23-,24-/m0/s1. The number of carbonyl (C=O) groups is 2. The van der Waals surface area contributed by atoms with E-state index in [1.807, 2.05) is 60.7 Å². The number of carbonyl (C=O) groups excluding carboxylic acids is 1. The van der Waals surface area contributed by atoms with Crippen LogP contribution in [-0.2, 0) is 34.0 Å². The van der Waals surface area contributed by atoms with Gasteiger partial charge in [-0.25, -0.2) is 4.79 Å². The number of amides is 1. The van der Waals surface area contributed by atoms with Crippen LogP contribution < -0.4 is 14.8 Å². The Bertz CT molecular complexity index is 1110. The van der Waals surface area contributed by atoms with Crippen molar-refractivity contribution < 1.29 is 28.9 Å². The van der Waals surface area contributed by atoms with Crippen molar-refractivity contribution in [1.82, 2.24) is 5.32 Å². The van der Waals surface area contributed by atoms with Crippen LogP contribution in [0.5, 0.6) is 11.5 Å². The van der Waals surface area contributed by atoms with E-state index in [4.69, 9.17) is 14.2 Å². The number of hydrogen-bond acceptors (Lipinski definition) is 5. The third kappa shape index (κ3) is 7.07. The average molecular weight is 476 g/mol. The Balaban J connectivity index is 1.49. The lowest BCUT2D eigenvalue weighted by Gasteiger charge is -2.18. The van der Waals surface area contributed by atoms with Gasteiger partial charge in [0.1, 0.15) is 19.3 Å². The molecule has 1 fully saturated rings. The van der Waals surface area contributed by atoms with Crippen LogP contribution in [0.3, 0.4) is 0 Å². The molecule has 35 heavy (non-hydrogen) atoms. The monoisotopic (exact) mass is 475 g/mol. The first-order valence-corrected chi connectivity index (χ1v) is 11.7. The number of nitrogens with one attached hydrogen (secondary N) is 1. The van der Waals surface area contributed by atoms with E-state index in [0.29, 0.717) is 44.3 Å². The van der Waals surface area contributed by atoms with Gasteiger partial charge in [-0.05, 0) is 35.2 Å². The zero-order valence-electron chi connectivity index (χ0n) is 19.4. The topological polar surface area (TPSA) is 94.1 Å². The summed E-state index contributed by atoms with van der Waals surface area (Å²) in [6.45, 7) is 1.55. The fourth-order valence-electron chi connectivity index (χ4n) is 3.85. The number of hydrogen-bond donors (Lipinski definition) is 2. The maximum atomic E-state index is 12.5. The van der Waals surface area contributed by atoms with Gasteiger partial charge in [-0.1, -0.05) is 66.7 Å². The van der Waals surface area contributed by atoms with Crippen LogP contribution in [-0.4, -0.2) is 36.2 Å². The van der Waals surface area contributed by atoms with Gasteiger partial charge in [-0.3, -0.25) is 4.79 Å². The van der Waals surface area contributed by atoms with Gasteiger partial charge in [0.15, 0.2) is 11.5 Å². The molecule has 7 heteroatoms. The van der Waals surface area contributed by atoms with Crippen LogP contribution in [0, 0.1) is 5.92 Å². The second kappa shape index (κ2) is 12.0. The predicted molar refractivity (Wildman–Crippen MR) is 130 cm³/mol. The molecule has 3 aromatic carbocycles. The Kier molecular flexibility index (Phi) is 8.35. The van der Waals surface area contributed by atoms with E-state index in [-0.39, 0.29) is 18.2 Å². The number of benzene rings is 3. The highest BCUT2D eigenvalue weighted by Gasteiger charge is 2.28. The molecule has 3 aromatic rings. The summed E-state index contributed by atoms with van der Waals surface area (Å²) in [5, 5.41) is 12.4. The molecule has 0 aliphatic carbocycles. The van der Waals surface area contributed by atoms with Crippen LogP contribution in [0.1, 0.15) is 23.1 Å². The smallest absolute Gasteiger partial charge is 0.326 e. The molecule has 0 saturated carbocycles. The Morgan fingerprint density at radius 1 is 0.886 bits per heavy atom. The van der Waals surface area contributed by atoms with Gasteiger partial charge in [-0.15, -0.1) is 0 Å². The Hall–Kier alpha value is -3.84. The SMILES string of the molecule is O=C(N[C@@H](Cc1ccc(OCc2ccccc2)c(OCc2ccccc2)c1)C(=O)O)[C@H]1CCOC1. The summed E-state index contributed by atoms with van der Waals surface area (Å²) in [6.07, 6.45) is 0.721. The lowest BCUT2D eigenvalue weighted by atomic mass is 10.0. The number of carboxylic acid groups (broad SMARTS) is 1. The van der Waals surface area contributed by atoms with Crippen molar-refractivity contribution in [1.29, 1.82) is 0 Å². The summed E-state index contributed by atoms with van der Waals surface area (Å²) in [5.41, 5.74) is 2.74. The largest absolute Gasteiger partial charge is 0.485 e. The highest BCUT2D eigenvalue weighted by Crippen LogP contribution is 2.31. The second-order valence-electron chi connectivity index (χ2n) is 8.49. The van der Waals surface area contributed by atoms with E-state index in [2.05, 4.69) is 5.32 Å². The van der Waals surface area contributed by atoms with Gasteiger partial charge < -0.3 is 24.6 Å². The van der Waals surface area contributed by atoms with E-state index in [1.165, 1.54) is 0 Å². The molecular weight excluding hydrogens is 446 g/mol. The number of carboxylic acids is 1. The fraction of sp³-hybridized carbons (Fsp3) is 0.286. The van der Waals surface area contributed by atoms with Gasteiger partial charge in [0.2, 0.25) is 5.91 Å². The minimum atomic E-state index is -1.09. The molecular formula is C28H29NO6. The summed E-state index contributed by atoms with van der Waals surface area (Å²) in [4.78, 5) is 24.3. The van der Waals surface area contributed by atoms with Crippen LogP contribution >= 0.6 is 0 Å². The molecule has 0 aromatic heterocycles. The molecule has 1 amide bonds. The summed E-state index contributed by atoms with van der Waals surface area (Å²) in [5.74, 6) is -0.614. The molecule has 1 saturated heterocycles. The van der Waals surface area contributed by atoms with Crippen LogP contribution in [0.2, 0.25) is 0 Å². The average Bonchev–Trinajstić information content (AvgIpc) is 3.43. The van der Waals surface area contributed by atoms with Crippen molar-refractivity contribution in [2.45, 2.75) is 32.1 Å². The third-order valence-corrected chi connectivity index (χ3v) is 5.84. The fourth-order valence-corrected chi connectivity index (χ4v) is 3.85. The van der Waals surface area contributed by atoms with Crippen LogP contribution in [0.4, 0.5) is 0 Å². The van der Waals surface area contributed by atoms with Crippen molar-refractivity contribution in [2.24, 2.45) is 5.92 Å². The maximum absolute atomic E-state index is 12.5. The van der Waals surface area contributed by atoms with Crippen molar-refractivity contribution in [3.05, 3.63) is 95.6 Å². The molecule has 2 atom stereocenters. The molecule has 1 heterocycles. The molecule has 2 N–H and O–H groups in total. The van der Waals surface area contributed by atoms with Gasteiger partial charge in [-0.2, -0.15) is 0 Å². The van der Waals surface area contributed by atoms with Crippen molar-refractivity contribution in [3.63, 3.8) is 0 Å². The minimum absolute atomic E-state index is 0.120. The summed E-state index contributed by atoms with van der Waals surface area (Å²) >= 11 is 0. The molecule has 7 nitrogen and oxygen atoms in total. The molecule has 0 bridgehead atoms. The summed E-state index contributed by atoms with van der Waals surface area (Å²) in [7, 11) is 0. The third-order valence-electron chi connectivity index (χ3n) is 5.84. The molecule has 4 rings (SSSR count). The lowest BCUT2D eigenvalue weighted by Crippen LogP contribution is -2.45. The quantitative estimate of drug-likeness (QED) is 0.436. The highest BCUT2D eigenvalue weighted by molar-refractivity contribution is 5.85. The van der Waals surface area contributed by atoms with Crippen LogP contribution in [0.25, 0.3) is 0 Å². The lowest BCUT2D eigenvalue weighted by molar-refractivity contribution is -0.142. The minimum Gasteiger partial charge on any atom is -0.485 e. The normalized spacial score (nSPS) is 15.8. The van der Waals surface area contributed by atoms with E-state index < -0.39 is 12.0 Å². The van der Waals surface area contributed by atoms with Gasteiger partial charge in [0.05, 0.1) is 12.5 Å². The Morgan fingerprint density at radius 3 is 2.09 bits per heavy atom. The van der Waals surface area contributed by atoms with Crippen LogP contribution in [0.15, 0.2) is 78.9 Å². The first-order valence-electron chi connectivity index (χ1n) is 11.7. The predicted octanol–water partition coefficient (Wildman–Crippen LogP) is 3.99. The van der Waals surface area contributed by atoms with Crippen molar-refractivity contribution in [3.8, 4) is 11.5 Å². The van der Waals surface area contributed by atoms with Crippen molar-refractivity contribution >= 4 is 11.9 Å². The number of aliphatic carboxylic acids is 1. The van der Waals surface area contributed by atoms with Gasteiger partial charge >= 0.3 is 5.97 Å². The number of rotatable bonds is 11. The first kappa shape index (κ1) is 24.3. The molecule has 0 spiro atoms. The molecule has 0 unspecified atom stereocenters. The summed E-state index contributed by atoms with van der Waals surface area (Å²) < 4.78 is 17.4. The second-order valence-corrected chi connectivity index (χ2v) is 8.49. The molecule has 182 valence electrons. The van der Waals surface area contributed by atoms with E-state index in [9.17, 15) is 14.7 Å². The molecule has 1 aliphatic rings. The zero-order chi connectivity index (χ0) is 24.5. The molecule has 1 aliphatic heterocycles. The zero-order valence-corrected chi connectivity index (χ0v) is 19.4. The van der Waals surface area contributed by atoms with Crippen molar-refractivity contribution in [2.75, 3.05) is 13.2 Å². The molecule has 0 radical (unpaired) electrons.